The van der Waals surface area contributed by atoms with Crippen LogP contribution < -0.4 is 5.32 Å². The minimum Gasteiger partial charge on any atom is -0.351 e. The van der Waals surface area contributed by atoms with Crippen LogP contribution in [0.1, 0.15) is 56.6 Å². The van der Waals surface area contributed by atoms with Gasteiger partial charge in [0, 0.05) is 19.0 Å². The highest BCUT2D eigenvalue weighted by atomic mass is 16.2. The van der Waals surface area contributed by atoms with E-state index < -0.39 is 5.54 Å². The highest BCUT2D eigenvalue weighted by molar-refractivity contribution is 5.94. The zero-order chi connectivity index (χ0) is 16.4. The number of hydrogen-bond donors (Lipinski definition) is 1. The number of aryl methyl sites for hydroxylation is 1. The lowest BCUT2D eigenvalue weighted by Gasteiger charge is -2.35. The first-order chi connectivity index (χ1) is 11.0. The Labute approximate surface area is 138 Å². The van der Waals surface area contributed by atoms with Crippen molar-refractivity contribution in [2.75, 3.05) is 0 Å². The summed E-state index contributed by atoms with van der Waals surface area (Å²) in [7, 11) is 0. The second kappa shape index (κ2) is 6.34. The molecular weight excluding hydrogens is 288 g/mol. The van der Waals surface area contributed by atoms with E-state index in [1.807, 2.05) is 32.0 Å². The lowest BCUT2D eigenvalue weighted by atomic mass is 9.96. The van der Waals surface area contributed by atoms with E-state index in [-0.39, 0.29) is 17.9 Å². The van der Waals surface area contributed by atoms with Gasteiger partial charge in [-0.2, -0.15) is 0 Å². The Bertz CT molecular complexity index is 607. The molecule has 1 saturated carbocycles. The highest BCUT2D eigenvalue weighted by Crippen LogP contribution is 2.32. The first-order valence-electron chi connectivity index (χ1n) is 8.66. The van der Waals surface area contributed by atoms with Crippen LogP contribution in [0.2, 0.25) is 0 Å². The molecule has 2 aliphatic rings. The third-order valence-electron chi connectivity index (χ3n) is 5.33. The van der Waals surface area contributed by atoms with Crippen LogP contribution in [0.4, 0.5) is 0 Å². The first-order valence-corrected chi connectivity index (χ1v) is 8.66. The quantitative estimate of drug-likeness (QED) is 0.929. The van der Waals surface area contributed by atoms with E-state index in [9.17, 15) is 9.59 Å². The molecule has 124 valence electrons. The summed E-state index contributed by atoms with van der Waals surface area (Å²) in [6, 6.07) is 8.44. The third-order valence-corrected chi connectivity index (χ3v) is 5.33. The number of nitrogens with zero attached hydrogens (tertiary/aromatic N) is 1. The van der Waals surface area contributed by atoms with Gasteiger partial charge in [-0.3, -0.25) is 9.59 Å². The molecule has 1 aliphatic heterocycles. The molecule has 0 radical (unpaired) electrons. The van der Waals surface area contributed by atoms with Gasteiger partial charge in [0.25, 0.3) is 0 Å². The largest absolute Gasteiger partial charge is 0.351 e. The molecule has 1 aliphatic carbocycles. The average Bonchev–Trinajstić information content (AvgIpc) is 3.12. The average molecular weight is 314 g/mol. The number of nitrogens with one attached hydrogen (secondary N) is 1. The van der Waals surface area contributed by atoms with Crippen molar-refractivity contribution in [1.82, 2.24) is 10.2 Å². The summed E-state index contributed by atoms with van der Waals surface area (Å²) in [6.07, 6.45) is 5.57. The Hall–Kier alpha value is -1.84. The second-order valence-corrected chi connectivity index (χ2v) is 7.20. The summed E-state index contributed by atoms with van der Waals surface area (Å²) in [5.74, 6) is 0.0958. The Morgan fingerprint density at radius 2 is 2.09 bits per heavy atom. The lowest BCUT2D eigenvalue weighted by Crippen LogP contribution is -2.55. The van der Waals surface area contributed by atoms with Gasteiger partial charge in [-0.1, -0.05) is 42.7 Å². The number of hydrogen-bond acceptors (Lipinski definition) is 2. The summed E-state index contributed by atoms with van der Waals surface area (Å²) in [5, 5.41) is 3.18. The lowest BCUT2D eigenvalue weighted by molar-refractivity contribution is -0.141. The molecule has 4 heteroatoms. The van der Waals surface area contributed by atoms with E-state index >= 15 is 0 Å². The van der Waals surface area contributed by atoms with Gasteiger partial charge in [-0.25, -0.2) is 0 Å². The fraction of sp³-hybridized carbons (Fsp3) is 0.579. The molecular formula is C19H26N2O2. The van der Waals surface area contributed by atoms with E-state index in [0.717, 1.165) is 18.4 Å². The molecule has 2 amide bonds. The zero-order valence-electron chi connectivity index (χ0n) is 14.1. The summed E-state index contributed by atoms with van der Waals surface area (Å²) >= 11 is 0. The fourth-order valence-electron chi connectivity index (χ4n) is 3.80. The highest BCUT2D eigenvalue weighted by Gasteiger charge is 2.47. The summed E-state index contributed by atoms with van der Waals surface area (Å²) < 4.78 is 0. The topological polar surface area (TPSA) is 49.4 Å². The van der Waals surface area contributed by atoms with Gasteiger partial charge < -0.3 is 10.2 Å². The van der Waals surface area contributed by atoms with Gasteiger partial charge >= 0.3 is 0 Å². The Morgan fingerprint density at radius 1 is 1.35 bits per heavy atom. The molecule has 4 nitrogen and oxygen atoms in total. The van der Waals surface area contributed by atoms with E-state index in [1.165, 1.54) is 18.4 Å². The normalized spacial score (nSPS) is 25.1. The van der Waals surface area contributed by atoms with Crippen LogP contribution in [-0.4, -0.2) is 28.3 Å². The van der Waals surface area contributed by atoms with Gasteiger partial charge in [-0.15, -0.1) is 0 Å². The summed E-state index contributed by atoms with van der Waals surface area (Å²) in [5.41, 5.74) is 1.54. The Balaban J connectivity index is 1.76. The van der Waals surface area contributed by atoms with Gasteiger partial charge in [0.15, 0.2) is 0 Å². The minimum absolute atomic E-state index is 0.0166. The molecule has 1 saturated heterocycles. The van der Waals surface area contributed by atoms with E-state index in [4.69, 9.17) is 0 Å². The maximum atomic E-state index is 12.8. The van der Waals surface area contributed by atoms with Gasteiger partial charge in [0.1, 0.15) is 5.54 Å². The van der Waals surface area contributed by atoms with Crippen LogP contribution in [0.5, 0.6) is 0 Å². The van der Waals surface area contributed by atoms with Crippen molar-refractivity contribution in [3.63, 3.8) is 0 Å². The van der Waals surface area contributed by atoms with Crippen LogP contribution in [0.25, 0.3) is 0 Å². The van der Waals surface area contributed by atoms with Crippen molar-refractivity contribution in [1.29, 1.82) is 0 Å². The van der Waals surface area contributed by atoms with Gasteiger partial charge in [0.2, 0.25) is 11.8 Å². The van der Waals surface area contributed by atoms with Crippen LogP contribution in [0.3, 0.4) is 0 Å². The maximum Gasteiger partial charge on any atom is 0.245 e. The first kappa shape index (κ1) is 16.0. The molecule has 1 aromatic rings. The summed E-state index contributed by atoms with van der Waals surface area (Å²) in [4.78, 5) is 27.0. The van der Waals surface area contributed by atoms with Crippen molar-refractivity contribution in [2.24, 2.45) is 0 Å². The van der Waals surface area contributed by atoms with Crippen LogP contribution >= 0.6 is 0 Å². The van der Waals surface area contributed by atoms with Crippen molar-refractivity contribution >= 4 is 11.8 Å². The predicted octanol–water partition coefficient (Wildman–Crippen LogP) is 2.93. The smallest absolute Gasteiger partial charge is 0.245 e. The van der Waals surface area contributed by atoms with Crippen LogP contribution in [-0.2, 0) is 16.1 Å². The molecule has 2 fully saturated rings. The van der Waals surface area contributed by atoms with Crippen molar-refractivity contribution < 1.29 is 9.59 Å². The zero-order valence-corrected chi connectivity index (χ0v) is 14.1. The number of benzene rings is 1. The monoisotopic (exact) mass is 314 g/mol. The molecule has 1 aromatic carbocycles. The molecule has 3 rings (SSSR count). The van der Waals surface area contributed by atoms with Crippen molar-refractivity contribution in [3.05, 3.63) is 35.4 Å². The second-order valence-electron chi connectivity index (χ2n) is 7.20. The number of likely N-dealkylation sites (tertiary alicyclic amines) is 1. The molecule has 1 N–H and O–H groups in total. The predicted molar refractivity (Wildman–Crippen MR) is 89.8 cm³/mol. The van der Waals surface area contributed by atoms with E-state index in [0.29, 0.717) is 19.4 Å². The summed E-state index contributed by atoms with van der Waals surface area (Å²) in [6.45, 7) is 4.47. The number of amides is 2. The number of carbonyl (C=O) groups excluding carboxylic acids is 2. The van der Waals surface area contributed by atoms with Crippen molar-refractivity contribution in [3.8, 4) is 0 Å². The van der Waals surface area contributed by atoms with Gasteiger partial charge in [-0.05, 0) is 38.7 Å². The maximum absolute atomic E-state index is 12.8. The molecule has 0 spiro atoms. The minimum atomic E-state index is -0.719. The number of rotatable bonds is 4. The van der Waals surface area contributed by atoms with E-state index in [2.05, 4.69) is 11.4 Å². The Morgan fingerprint density at radius 3 is 2.78 bits per heavy atom. The molecule has 0 unspecified atom stereocenters. The molecule has 0 aromatic heterocycles. The molecule has 0 bridgehead atoms. The van der Waals surface area contributed by atoms with Crippen LogP contribution in [0, 0.1) is 6.92 Å². The fourth-order valence-corrected chi connectivity index (χ4v) is 3.80. The number of carbonyl (C=O) groups is 2. The Kier molecular flexibility index (Phi) is 4.42. The standard InChI is InChI=1S/C19H26N2O2/c1-14-6-5-7-15(12-14)13-21-17(22)10-11-19(21,2)18(23)20-16-8-3-4-9-16/h5-7,12,16H,3-4,8-11,13H2,1-2H3,(H,20,23)/t19-/m0/s1. The van der Waals surface area contributed by atoms with E-state index in [1.54, 1.807) is 4.90 Å². The molecule has 1 atom stereocenters. The molecule has 1 heterocycles. The SMILES string of the molecule is Cc1cccc(CN2C(=O)CC[C@@]2(C)C(=O)NC2CCCC2)c1. The van der Waals surface area contributed by atoms with Crippen molar-refractivity contribution in [2.45, 2.75) is 70.5 Å². The van der Waals surface area contributed by atoms with Crippen LogP contribution in [0.15, 0.2) is 24.3 Å². The van der Waals surface area contributed by atoms with Gasteiger partial charge in [0.05, 0.1) is 0 Å². The molecule has 23 heavy (non-hydrogen) atoms. The third kappa shape index (κ3) is 3.26.